The van der Waals surface area contributed by atoms with E-state index in [4.69, 9.17) is 9.47 Å². The van der Waals surface area contributed by atoms with Crippen molar-refractivity contribution in [3.05, 3.63) is 0 Å². The maximum Gasteiger partial charge on any atom is 0.429 e. The molecule has 25 heavy (non-hydrogen) atoms. The van der Waals surface area contributed by atoms with Crippen LogP contribution in [0.2, 0.25) is 0 Å². The third-order valence-corrected chi connectivity index (χ3v) is 4.39. The van der Waals surface area contributed by atoms with Crippen LogP contribution in [-0.2, 0) is 19.5 Å². The Balaban J connectivity index is 3.07. The lowest BCUT2D eigenvalue weighted by atomic mass is 10.2. The number of ether oxygens (including phenoxy) is 2. The number of carbonyl (C=O) groups is 2. The molecular formula is C15H29N3O6S. The van der Waals surface area contributed by atoms with Gasteiger partial charge in [0, 0.05) is 13.1 Å². The van der Waals surface area contributed by atoms with Crippen molar-refractivity contribution in [1.29, 1.82) is 0 Å². The van der Waals surface area contributed by atoms with Crippen molar-refractivity contribution in [2.24, 2.45) is 0 Å². The highest BCUT2D eigenvalue weighted by atomic mass is 32.2. The van der Waals surface area contributed by atoms with Crippen LogP contribution in [0.1, 0.15) is 41.5 Å². The molecule has 0 spiro atoms. The van der Waals surface area contributed by atoms with Gasteiger partial charge >= 0.3 is 12.2 Å². The van der Waals surface area contributed by atoms with Gasteiger partial charge in [-0.25, -0.2) is 28.0 Å². The van der Waals surface area contributed by atoms with E-state index in [0.29, 0.717) is 0 Å². The minimum absolute atomic E-state index is 0.0127. The molecule has 0 N–H and O–H groups in total. The molecular weight excluding hydrogens is 350 g/mol. The largest absolute Gasteiger partial charge is 0.442 e. The van der Waals surface area contributed by atoms with Crippen molar-refractivity contribution in [1.82, 2.24) is 14.3 Å². The van der Waals surface area contributed by atoms with Gasteiger partial charge in [-0.1, -0.05) is 0 Å². The monoisotopic (exact) mass is 379 g/mol. The minimum Gasteiger partial charge on any atom is -0.442 e. The number of hydrogen-bond acceptors (Lipinski definition) is 6. The summed E-state index contributed by atoms with van der Waals surface area (Å²) >= 11 is 0. The van der Waals surface area contributed by atoms with Crippen molar-refractivity contribution < 1.29 is 27.5 Å². The Morgan fingerprint density at radius 3 is 1.32 bits per heavy atom. The van der Waals surface area contributed by atoms with Crippen molar-refractivity contribution in [2.75, 3.05) is 32.4 Å². The second-order valence-electron chi connectivity index (χ2n) is 7.87. The maximum absolute atomic E-state index is 12.5. The lowest BCUT2D eigenvalue weighted by Gasteiger charge is -2.35. The quantitative estimate of drug-likeness (QED) is 0.687. The van der Waals surface area contributed by atoms with Gasteiger partial charge in [0.15, 0.2) is 0 Å². The van der Waals surface area contributed by atoms with E-state index in [9.17, 15) is 18.0 Å². The number of hydrazine groups is 1. The number of nitrogens with zero attached hydrogens (tertiary/aromatic N) is 3. The number of rotatable bonds is 1. The highest BCUT2D eigenvalue weighted by molar-refractivity contribution is 7.88. The lowest BCUT2D eigenvalue weighted by molar-refractivity contribution is -0.0572. The Morgan fingerprint density at radius 2 is 1.08 bits per heavy atom. The predicted octanol–water partition coefficient (Wildman–Crippen LogP) is 1.65. The van der Waals surface area contributed by atoms with E-state index in [2.05, 4.69) is 0 Å². The topological polar surface area (TPSA) is 96.5 Å². The highest BCUT2D eigenvalue weighted by Crippen LogP contribution is 2.18. The second-order valence-corrected chi connectivity index (χ2v) is 9.85. The van der Waals surface area contributed by atoms with E-state index in [1.807, 2.05) is 0 Å². The van der Waals surface area contributed by atoms with Gasteiger partial charge in [-0.05, 0) is 41.5 Å². The van der Waals surface area contributed by atoms with E-state index in [1.54, 1.807) is 41.5 Å². The molecule has 1 aliphatic rings. The smallest absolute Gasteiger partial charge is 0.429 e. The molecule has 1 rings (SSSR count). The zero-order valence-corrected chi connectivity index (χ0v) is 16.8. The van der Waals surface area contributed by atoms with E-state index in [1.165, 1.54) is 4.31 Å². The van der Waals surface area contributed by atoms with E-state index >= 15 is 0 Å². The first kappa shape index (κ1) is 21.5. The van der Waals surface area contributed by atoms with Crippen LogP contribution in [0.15, 0.2) is 0 Å². The summed E-state index contributed by atoms with van der Waals surface area (Å²) < 4.78 is 35.5. The van der Waals surface area contributed by atoms with Crippen LogP contribution in [0.25, 0.3) is 0 Å². The summed E-state index contributed by atoms with van der Waals surface area (Å²) in [6, 6.07) is 0. The summed E-state index contributed by atoms with van der Waals surface area (Å²) in [6.45, 7) is 10.4. The summed E-state index contributed by atoms with van der Waals surface area (Å²) in [5.74, 6) is 0. The van der Waals surface area contributed by atoms with Crippen LogP contribution in [0.4, 0.5) is 9.59 Å². The average Bonchev–Trinajstić information content (AvgIpc) is 2.56. The van der Waals surface area contributed by atoms with Gasteiger partial charge < -0.3 is 9.47 Å². The zero-order chi connectivity index (χ0) is 19.6. The second kappa shape index (κ2) is 7.36. The van der Waals surface area contributed by atoms with Crippen molar-refractivity contribution >= 4 is 22.2 Å². The van der Waals surface area contributed by atoms with Crippen LogP contribution >= 0.6 is 0 Å². The van der Waals surface area contributed by atoms with Crippen molar-refractivity contribution in [2.45, 2.75) is 52.7 Å². The fourth-order valence-electron chi connectivity index (χ4n) is 2.11. The van der Waals surface area contributed by atoms with Gasteiger partial charge in [0.1, 0.15) is 11.2 Å². The molecule has 0 unspecified atom stereocenters. The van der Waals surface area contributed by atoms with Crippen LogP contribution < -0.4 is 0 Å². The molecule has 0 radical (unpaired) electrons. The first-order valence-corrected chi connectivity index (χ1v) is 9.91. The van der Waals surface area contributed by atoms with Gasteiger partial charge in [0.25, 0.3) is 0 Å². The molecule has 1 fully saturated rings. The van der Waals surface area contributed by atoms with Gasteiger partial charge in [-0.15, -0.1) is 0 Å². The summed E-state index contributed by atoms with van der Waals surface area (Å²) in [5, 5.41) is 2.20. The number of hydrogen-bond donors (Lipinski definition) is 0. The molecule has 10 heteroatoms. The standard InChI is InChI=1S/C15H29N3O6S/c1-14(2,3)23-12(19)17-10-8-16(25(7,21)22)9-11-18(17)13(20)24-15(4,5)6/h8-11H2,1-7H3. The summed E-state index contributed by atoms with van der Waals surface area (Å²) in [4.78, 5) is 25.0. The van der Waals surface area contributed by atoms with E-state index in [0.717, 1.165) is 16.3 Å². The molecule has 0 aromatic heterocycles. The third kappa shape index (κ3) is 7.07. The first-order valence-electron chi connectivity index (χ1n) is 8.06. The van der Waals surface area contributed by atoms with Gasteiger partial charge in [0.2, 0.25) is 10.0 Å². The fourth-order valence-corrected chi connectivity index (χ4v) is 2.93. The molecule has 0 aliphatic carbocycles. The van der Waals surface area contributed by atoms with Crippen molar-refractivity contribution in [3.8, 4) is 0 Å². The van der Waals surface area contributed by atoms with Gasteiger partial charge in [-0.2, -0.15) is 4.31 Å². The zero-order valence-electron chi connectivity index (χ0n) is 16.0. The molecule has 9 nitrogen and oxygen atoms in total. The minimum atomic E-state index is -3.44. The molecule has 0 bridgehead atoms. The molecule has 146 valence electrons. The van der Waals surface area contributed by atoms with Crippen LogP contribution in [0.5, 0.6) is 0 Å². The van der Waals surface area contributed by atoms with Gasteiger partial charge in [0.05, 0.1) is 19.3 Å². The van der Waals surface area contributed by atoms with E-state index in [-0.39, 0.29) is 26.2 Å². The summed E-state index contributed by atoms with van der Waals surface area (Å²) in [6.07, 6.45) is -0.365. The lowest BCUT2D eigenvalue weighted by Crippen LogP contribution is -2.53. The molecule has 2 amide bonds. The Morgan fingerprint density at radius 1 is 0.760 bits per heavy atom. The molecule has 0 atom stereocenters. The Kier molecular flexibility index (Phi) is 6.33. The maximum atomic E-state index is 12.5. The highest BCUT2D eigenvalue weighted by Gasteiger charge is 2.36. The molecule has 0 saturated carbocycles. The van der Waals surface area contributed by atoms with Crippen LogP contribution in [-0.4, -0.2) is 78.6 Å². The molecule has 1 aliphatic heterocycles. The summed E-state index contributed by atoms with van der Waals surface area (Å²) in [5.41, 5.74) is -1.50. The van der Waals surface area contributed by atoms with Crippen molar-refractivity contribution in [3.63, 3.8) is 0 Å². The number of sulfonamides is 1. The van der Waals surface area contributed by atoms with Crippen LogP contribution in [0.3, 0.4) is 0 Å². The van der Waals surface area contributed by atoms with Gasteiger partial charge in [-0.3, -0.25) is 0 Å². The predicted molar refractivity (Wildman–Crippen MR) is 92.3 cm³/mol. The average molecular weight is 379 g/mol. The number of carbonyl (C=O) groups excluding carboxylic acids is 2. The third-order valence-electron chi connectivity index (χ3n) is 3.09. The molecule has 0 aromatic carbocycles. The van der Waals surface area contributed by atoms with Crippen LogP contribution in [0, 0.1) is 0 Å². The van der Waals surface area contributed by atoms with E-state index < -0.39 is 33.4 Å². The summed E-state index contributed by atoms with van der Waals surface area (Å²) in [7, 11) is -3.44. The fraction of sp³-hybridized carbons (Fsp3) is 0.867. The Labute approximate surface area is 149 Å². The Bertz CT molecular complexity index is 568. The SMILES string of the molecule is CC(C)(C)OC(=O)N1CCN(S(C)(=O)=O)CCN1C(=O)OC(C)(C)C. The normalized spacial score (nSPS) is 17.9. The molecule has 0 aromatic rings. The first-order chi connectivity index (χ1) is 11.1. The number of amides is 2. The molecule has 1 heterocycles. The Hall–Kier alpha value is -1.55. The molecule has 1 saturated heterocycles.